The van der Waals surface area contributed by atoms with E-state index in [2.05, 4.69) is 6.92 Å². The summed E-state index contributed by atoms with van der Waals surface area (Å²) in [4.78, 5) is 12.6. The molecule has 1 rings (SSSR count). The van der Waals surface area contributed by atoms with Crippen molar-refractivity contribution in [2.75, 3.05) is 13.1 Å². The molecule has 15 heavy (non-hydrogen) atoms. The maximum absolute atomic E-state index is 12.5. The van der Waals surface area contributed by atoms with Gasteiger partial charge >= 0.3 is 0 Å². The Hall–Kier alpha value is -0.710. The van der Waals surface area contributed by atoms with Crippen molar-refractivity contribution in [3.63, 3.8) is 0 Å². The fourth-order valence-corrected chi connectivity index (χ4v) is 1.64. The lowest BCUT2D eigenvalue weighted by Crippen LogP contribution is -2.61. The van der Waals surface area contributed by atoms with Crippen LogP contribution in [0.15, 0.2) is 0 Å². The van der Waals surface area contributed by atoms with E-state index in [1.165, 1.54) is 0 Å². The quantitative estimate of drug-likeness (QED) is 0.711. The number of unbranched alkanes of at least 4 members (excludes halogenated alkanes) is 2. The predicted octanol–water partition coefficient (Wildman–Crippen LogP) is 1.37. The van der Waals surface area contributed by atoms with E-state index in [0.29, 0.717) is 6.42 Å². The first-order valence-electron chi connectivity index (χ1n) is 5.38. The van der Waals surface area contributed by atoms with Gasteiger partial charge in [-0.15, -0.1) is 0 Å². The number of alkyl halides is 2. The number of hydrogen-bond donors (Lipinski definition) is 1. The van der Waals surface area contributed by atoms with Gasteiger partial charge in [-0.05, 0) is 6.42 Å². The van der Waals surface area contributed by atoms with Crippen LogP contribution in [0.2, 0.25) is 0 Å². The lowest BCUT2D eigenvalue weighted by Gasteiger charge is -2.39. The highest BCUT2D eigenvalue weighted by Gasteiger charge is 2.46. The molecule has 1 fully saturated rings. The van der Waals surface area contributed by atoms with Gasteiger partial charge in [-0.25, -0.2) is 8.78 Å². The number of rotatable bonds is 5. The fraction of sp³-hybridized carbons (Fsp3) is 0.900. The molecular weight excluding hydrogens is 202 g/mol. The summed E-state index contributed by atoms with van der Waals surface area (Å²) in [5.41, 5.74) is 5.62. The Morgan fingerprint density at radius 2 is 2.07 bits per heavy atom. The van der Waals surface area contributed by atoms with Gasteiger partial charge in [-0.3, -0.25) is 4.79 Å². The van der Waals surface area contributed by atoms with Crippen molar-refractivity contribution in [3.8, 4) is 0 Å². The van der Waals surface area contributed by atoms with Crippen molar-refractivity contribution >= 4 is 5.91 Å². The molecule has 0 bridgehead atoms. The average molecular weight is 220 g/mol. The molecule has 0 radical (unpaired) electrons. The normalized spacial score (nSPS) is 20.9. The third-order valence-corrected chi connectivity index (χ3v) is 2.59. The lowest BCUT2D eigenvalue weighted by atomic mass is 10.0. The van der Waals surface area contributed by atoms with E-state index >= 15 is 0 Å². The van der Waals surface area contributed by atoms with Crippen LogP contribution in [0.3, 0.4) is 0 Å². The predicted molar refractivity (Wildman–Crippen MR) is 53.6 cm³/mol. The summed E-state index contributed by atoms with van der Waals surface area (Å²) >= 11 is 0. The summed E-state index contributed by atoms with van der Waals surface area (Å²) in [6, 6.07) is -0.604. The fourth-order valence-electron chi connectivity index (χ4n) is 1.64. The van der Waals surface area contributed by atoms with E-state index in [4.69, 9.17) is 5.73 Å². The van der Waals surface area contributed by atoms with Gasteiger partial charge in [-0.1, -0.05) is 26.2 Å². The molecule has 1 heterocycles. The SMILES string of the molecule is CCCCCC(N)C(=O)N1CC(F)(F)C1. The Balaban J connectivity index is 2.23. The van der Waals surface area contributed by atoms with Gasteiger partial charge in [0.15, 0.2) is 0 Å². The number of nitrogens with zero attached hydrogens (tertiary/aromatic N) is 1. The number of carbonyl (C=O) groups is 1. The van der Waals surface area contributed by atoms with Crippen LogP contribution in [0, 0.1) is 0 Å². The van der Waals surface area contributed by atoms with E-state index in [9.17, 15) is 13.6 Å². The third-order valence-electron chi connectivity index (χ3n) is 2.59. The van der Waals surface area contributed by atoms with E-state index < -0.39 is 25.1 Å². The Morgan fingerprint density at radius 1 is 1.47 bits per heavy atom. The molecule has 0 saturated carbocycles. The number of nitrogens with two attached hydrogens (primary N) is 1. The maximum Gasteiger partial charge on any atom is 0.282 e. The monoisotopic (exact) mass is 220 g/mol. The standard InChI is InChI=1S/C10H18F2N2O/c1-2-3-4-5-8(13)9(15)14-6-10(11,12)7-14/h8H,2-7,13H2,1H3. The summed E-state index contributed by atoms with van der Waals surface area (Å²) in [5.74, 6) is -3.03. The Bertz CT molecular complexity index is 225. The summed E-state index contributed by atoms with van der Waals surface area (Å²) < 4.78 is 25.0. The Kier molecular flexibility index (Phi) is 4.02. The molecule has 1 unspecified atom stereocenters. The summed E-state index contributed by atoms with van der Waals surface area (Å²) in [6.45, 7) is 1.13. The molecule has 0 aliphatic carbocycles. The topological polar surface area (TPSA) is 46.3 Å². The average Bonchev–Trinajstić information content (AvgIpc) is 2.13. The Morgan fingerprint density at radius 3 is 2.53 bits per heavy atom. The number of likely N-dealkylation sites (tertiary alicyclic amines) is 1. The first-order chi connectivity index (χ1) is 6.96. The van der Waals surface area contributed by atoms with Crippen LogP contribution in [0.5, 0.6) is 0 Å². The molecule has 1 aliphatic heterocycles. The molecule has 88 valence electrons. The molecule has 1 atom stereocenters. The van der Waals surface area contributed by atoms with Gasteiger partial charge in [0.2, 0.25) is 5.91 Å². The van der Waals surface area contributed by atoms with Gasteiger partial charge in [0.05, 0.1) is 19.1 Å². The smallest absolute Gasteiger partial charge is 0.282 e. The summed E-state index contributed by atoms with van der Waals surface area (Å²) in [5, 5.41) is 0. The summed E-state index contributed by atoms with van der Waals surface area (Å²) in [6.07, 6.45) is 3.56. The summed E-state index contributed by atoms with van der Waals surface area (Å²) in [7, 11) is 0. The van der Waals surface area contributed by atoms with Gasteiger partial charge in [0, 0.05) is 0 Å². The van der Waals surface area contributed by atoms with Gasteiger partial charge in [-0.2, -0.15) is 0 Å². The van der Waals surface area contributed by atoms with Crippen LogP contribution in [0.25, 0.3) is 0 Å². The number of hydrogen-bond acceptors (Lipinski definition) is 2. The van der Waals surface area contributed by atoms with Crippen molar-refractivity contribution in [3.05, 3.63) is 0 Å². The largest absolute Gasteiger partial charge is 0.329 e. The first kappa shape index (κ1) is 12.4. The minimum Gasteiger partial charge on any atom is -0.329 e. The van der Waals surface area contributed by atoms with Crippen LogP contribution in [-0.2, 0) is 4.79 Å². The first-order valence-corrected chi connectivity index (χ1v) is 5.38. The molecule has 2 N–H and O–H groups in total. The molecular formula is C10H18F2N2O. The van der Waals surface area contributed by atoms with Crippen molar-refractivity contribution in [1.29, 1.82) is 0 Å². The van der Waals surface area contributed by atoms with E-state index in [1.807, 2.05) is 0 Å². The van der Waals surface area contributed by atoms with E-state index in [-0.39, 0.29) is 5.91 Å². The van der Waals surface area contributed by atoms with Crippen LogP contribution in [0.1, 0.15) is 32.6 Å². The zero-order valence-electron chi connectivity index (χ0n) is 9.01. The highest BCUT2D eigenvalue weighted by Crippen LogP contribution is 2.27. The van der Waals surface area contributed by atoms with Gasteiger partial charge in [0.1, 0.15) is 0 Å². The van der Waals surface area contributed by atoms with Crippen LogP contribution < -0.4 is 5.73 Å². The third kappa shape index (κ3) is 3.41. The highest BCUT2D eigenvalue weighted by atomic mass is 19.3. The number of carbonyl (C=O) groups excluding carboxylic acids is 1. The zero-order valence-corrected chi connectivity index (χ0v) is 9.01. The molecule has 0 aromatic rings. The Labute approximate surface area is 88.6 Å². The van der Waals surface area contributed by atoms with Crippen LogP contribution >= 0.6 is 0 Å². The molecule has 1 amide bonds. The lowest BCUT2D eigenvalue weighted by molar-refractivity contribution is -0.167. The van der Waals surface area contributed by atoms with Gasteiger partial charge in [0.25, 0.3) is 5.92 Å². The minimum absolute atomic E-state index is 0.336. The van der Waals surface area contributed by atoms with Crippen molar-refractivity contribution in [2.24, 2.45) is 5.73 Å². The molecule has 5 heteroatoms. The molecule has 1 aliphatic rings. The second kappa shape index (κ2) is 4.88. The molecule has 0 spiro atoms. The molecule has 0 aromatic heterocycles. The van der Waals surface area contributed by atoms with Gasteiger partial charge < -0.3 is 10.6 Å². The van der Waals surface area contributed by atoms with E-state index in [0.717, 1.165) is 24.2 Å². The zero-order chi connectivity index (χ0) is 11.5. The van der Waals surface area contributed by atoms with Crippen LogP contribution in [-0.4, -0.2) is 35.9 Å². The van der Waals surface area contributed by atoms with Crippen molar-refractivity contribution in [1.82, 2.24) is 4.90 Å². The molecule has 3 nitrogen and oxygen atoms in total. The van der Waals surface area contributed by atoms with Crippen molar-refractivity contribution in [2.45, 2.75) is 44.6 Å². The number of halogens is 2. The van der Waals surface area contributed by atoms with Crippen LogP contribution in [0.4, 0.5) is 8.78 Å². The second-order valence-corrected chi connectivity index (χ2v) is 4.15. The number of amides is 1. The molecule has 0 aromatic carbocycles. The maximum atomic E-state index is 12.5. The van der Waals surface area contributed by atoms with E-state index in [1.54, 1.807) is 0 Å². The molecule has 1 saturated heterocycles. The van der Waals surface area contributed by atoms with Crippen molar-refractivity contribution < 1.29 is 13.6 Å². The minimum atomic E-state index is -2.70. The highest BCUT2D eigenvalue weighted by molar-refractivity contribution is 5.82. The second-order valence-electron chi connectivity index (χ2n) is 4.15.